The Hall–Kier alpha value is -3.00. The van der Waals surface area contributed by atoms with E-state index in [9.17, 15) is 9.18 Å². The molecule has 156 valence electrons. The van der Waals surface area contributed by atoms with Gasteiger partial charge < -0.3 is 25.0 Å². The zero-order valence-electron chi connectivity index (χ0n) is 16.8. The van der Waals surface area contributed by atoms with Gasteiger partial charge in [0.25, 0.3) is 0 Å². The Bertz CT molecular complexity index is 808. The number of carbonyl (C=O) groups is 1. The van der Waals surface area contributed by atoms with Crippen molar-refractivity contribution in [2.24, 2.45) is 0 Å². The summed E-state index contributed by atoms with van der Waals surface area (Å²) in [7, 11) is 3.09. The molecule has 2 aromatic rings. The fourth-order valence-electron chi connectivity index (χ4n) is 3.36. The average Bonchev–Trinajstić information content (AvgIpc) is 2.74. The lowest BCUT2D eigenvalue weighted by Gasteiger charge is -2.36. The van der Waals surface area contributed by atoms with Crippen LogP contribution in [0.5, 0.6) is 11.5 Å². The minimum absolute atomic E-state index is 0.219. The predicted molar refractivity (Wildman–Crippen MR) is 112 cm³/mol. The summed E-state index contributed by atoms with van der Waals surface area (Å²) in [6.07, 6.45) is 0. The van der Waals surface area contributed by atoms with Gasteiger partial charge in [-0.15, -0.1) is 0 Å². The second kappa shape index (κ2) is 9.97. The molecule has 0 atom stereocenters. The minimum atomic E-state index is -0.290. The SMILES string of the molecule is COc1cccc(NC(=O)NCCN2CCN(c3ccc(F)cc3)CC2)c1OC. The Morgan fingerprint density at radius 2 is 1.76 bits per heavy atom. The first-order valence-electron chi connectivity index (χ1n) is 9.59. The van der Waals surface area contributed by atoms with E-state index >= 15 is 0 Å². The van der Waals surface area contributed by atoms with Crippen molar-refractivity contribution in [1.29, 1.82) is 0 Å². The molecule has 29 heavy (non-hydrogen) atoms. The van der Waals surface area contributed by atoms with Gasteiger partial charge in [-0.05, 0) is 36.4 Å². The highest BCUT2D eigenvalue weighted by molar-refractivity contribution is 5.91. The fraction of sp³-hybridized carbons (Fsp3) is 0.381. The summed E-state index contributed by atoms with van der Waals surface area (Å²) in [6, 6.07) is 11.6. The van der Waals surface area contributed by atoms with Crippen LogP contribution in [0.2, 0.25) is 0 Å². The van der Waals surface area contributed by atoms with Crippen molar-refractivity contribution in [3.63, 3.8) is 0 Å². The van der Waals surface area contributed by atoms with E-state index in [0.717, 1.165) is 38.4 Å². The largest absolute Gasteiger partial charge is 0.493 e. The number of ether oxygens (including phenoxy) is 2. The van der Waals surface area contributed by atoms with Crippen LogP contribution in [-0.4, -0.2) is 64.4 Å². The number of methoxy groups -OCH3 is 2. The molecule has 0 aromatic heterocycles. The standard InChI is InChI=1S/C21H27FN4O3/c1-28-19-5-3-4-18(20(19)29-2)24-21(27)23-10-11-25-12-14-26(15-13-25)17-8-6-16(22)7-9-17/h3-9H,10-15H2,1-2H3,(H2,23,24,27). The predicted octanol–water partition coefficient (Wildman–Crippen LogP) is 2.79. The number of urea groups is 1. The Balaban J connectivity index is 1.41. The number of rotatable bonds is 7. The van der Waals surface area contributed by atoms with Gasteiger partial charge in [0, 0.05) is 45.0 Å². The van der Waals surface area contributed by atoms with E-state index < -0.39 is 0 Å². The van der Waals surface area contributed by atoms with Crippen LogP contribution in [0.15, 0.2) is 42.5 Å². The van der Waals surface area contributed by atoms with Gasteiger partial charge in [0.15, 0.2) is 11.5 Å². The van der Waals surface area contributed by atoms with Crippen molar-refractivity contribution in [3.8, 4) is 11.5 Å². The van der Waals surface area contributed by atoms with Crippen molar-refractivity contribution in [1.82, 2.24) is 10.2 Å². The van der Waals surface area contributed by atoms with Gasteiger partial charge in [0.1, 0.15) is 5.82 Å². The first-order valence-corrected chi connectivity index (χ1v) is 9.59. The van der Waals surface area contributed by atoms with Gasteiger partial charge in [-0.3, -0.25) is 4.90 Å². The molecule has 0 unspecified atom stereocenters. The van der Waals surface area contributed by atoms with Gasteiger partial charge in [-0.25, -0.2) is 9.18 Å². The molecular formula is C21H27FN4O3. The minimum Gasteiger partial charge on any atom is -0.493 e. The number of nitrogens with one attached hydrogen (secondary N) is 2. The van der Waals surface area contributed by atoms with Crippen molar-refractivity contribution in [2.45, 2.75) is 0 Å². The maximum atomic E-state index is 13.1. The molecule has 7 nitrogen and oxygen atoms in total. The van der Waals surface area contributed by atoms with Crippen molar-refractivity contribution in [2.75, 3.05) is 63.7 Å². The highest BCUT2D eigenvalue weighted by Gasteiger charge is 2.17. The number of piperazine rings is 1. The smallest absolute Gasteiger partial charge is 0.319 e. The molecule has 0 aliphatic carbocycles. The molecule has 2 N–H and O–H groups in total. The topological polar surface area (TPSA) is 66.1 Å². The molecule has 2 amide bonds. The maximum absolute atomic E-state index is 13.1. The Morgan fingerprint density at radius 3 is 2.41 bits per heavy atom. The molecule has 0 radical (unpaired) electrons. The van der Waals surface area contributed by atoms with Crippen molar-refractivity contribution < 1.29 is 18.7 Å². The summed E-state index contributed by atoms with van der Waals surface area (Å²) in [5.74, 6) is 0.828. The molecule has 0 spiro atoms. The van der Waals surface area contributed by atoms with E-state index in [-0.39, 0.29) is 11.8 Å². The summed E-state index contributed by atoms with van der Waals surface area (Å²) >= 11 is 0. The van der Waals surface area contributed by atoms with Crippen LogP contribution in [0.1, 0.15) is 0 Å². The number of halogens is 1. The first-order chi connectivity index (χ1) is 14.1. The van der Waals surface area contributed by atoms with E-state index in [1.807, 2.05) is 12.1 Å². The zero-order chi connectivity index (χ0) is 20.6. The van der Waals surface area contributed by atoms with Gasteiger partial charge in [0.05, 0.1) is 19.9 Å². The van der Waals surface area contributed by atoms with Crippen LogP contribution < -0.4 is 25.0 Å². The lowest BCUT2D eigenvalue weighted by Crippen LogP contribution is -2.48. The molecule has 1 aliphatic rings. The highest BCUT2D eigenvalue weighted by atomic mass is 19.1. The molecule has 2 aromatic carbocycles. The molecule has 0 saturated carbocycles. The van der Waals surface area contributed by atoms with Crippen molar-refractivity contribution >= 4 is 17.4 Å². The van der Waals surface area contributed by atoms with Crippen LogP contribution in [0.3, 0.4) is 0 Å². The third kappa shape index (κ3) is 5.51. The third-order valence-corrected chi connectivity index (χ3v) is 4.93. The van der Waals surface area contributed by atoms with Gasteiger partial charge in [-0.1, -0.05) is 6.07 Å². The van der Waals surface area contributed by atoms with Crippen LogP contribution in [0, 0.1) is 5.82 Å². The Kier molecular flexibility index (Phi) is 7.13. The van der Waals surface area contributed by atoms with E-state index in [1.165, 1.54) is 19.2 Å². The summed E-state index contributed by atoms with van der Waals surface area (Å²) in [5, 5.41) is 5.67. The molecular weight excluding hydrogens is 375 g/mol. The van der Waals surface area contributed by atoms with Gasteiger partial charge in [0.2, 0.25) is 0 Å². The summed E-state index contributed by atoms with van der Waals surface area (Å²) in [5.41, 5.74) is 1.59. The molecule has 1 aliphatic heterocycles. The summed E-state index contributed by atoms with van der Waals surface area (Å²) < 4.78 is 23.6. The Labute approximate surface area is 170 Å². The molecule has 0 bridgehead atoms. The number of amides is 2. The van der Waals surface area contributed by atoms with Crippen LogP contribution >= 0.6 is 0 Å². The van der Waals surface area contributed by atoms with E-state index in [2.05, 4.69) is 20.4 Å². The quantitative estimate of drug-likeness (QED) is 0.746. The van der Waals surface area contributed by atoms with Crippen molar-refractivity contribution in [3.05, 3.63) is 48.3 Å². The molecule has 1 heterocycles. The normalized spacial score (nSPS) is 14.4. The molecule has 1 fully saturated rings. The monoisotopic (exact) mass is 402 g/mol. The molecule has 3 rings (SSSR count). The van der Waals surface area contributed by atoms with Crippen LogP contribution in [0.4, 0.5) is 20.6 Å². The van der Waals surface area contributed by atoms with E-state index in [4.69, 9.17) is 9.47 Å². The molecule has 1 saturated heterocycles. The number of hydrogen-bond donors (Lipinski definition) is 2. The second-order valence-corrected chi connectivity index (χ2v) is 6.73. The highest BCUT2D eigenvalue weighted by Crippen LogP contribution is 2.34. The molecule has 8 heteroatoms. The number of para-hydroxylation sites is 1. The van der Waals surface area contributed by atoms with Gasteiger partial charge in [-0.2, -0.15) is 0 Å². The summed E-state index contributed by atoms with van der Waals surface area (Å²) in [6.45, 7) is 4.83. The lowest BCUT2D eigenvalue weighted by atomic mass is 10.2. The number of benzene rings is 2. The fourth-order valence-corrected chi connectivity index (χ4v) is 3.36. The average molecular weight is 402 g/mol. The second-order valence-electron chi connectivity index (χ2n) is 6.73. The van der Waals surface area contributed by atoms with E-state index in [1.54, 1.807) is 25.3 Å². The maximum Gasteiger partial charge on any atom is 0.319 e. The third-order valence-electron chi connectivity index (χ3n) is 4.93. The number of anilines is 2. The van der Waals surface area contributed by atoms with Gasteiger partial charge >= 0.3 is 6.03 Å². The number of nitrogens with zero attached hydrogens (tertiary/aromatic N) is 2. The van der Waals surface area contributed by atoms with E-state index in [0.29, 0.717) is 23.7 Å². The zero-order valence-corrected chi connectivity index (χ0v) is 16.8. The van der Waals surface area contributed by atoms with Crippen LogP contribution in [-0.2, 0) is 0 Å². The number of hydrogen-bond acceptors (Lipinski definition) is 5. The summed E-state index contributed by atoms with van der Waals surface area (Å²) in [4.78, 5) is 16.7. The first kappa shape index (κ1) is 20.7. The van der Waals surface area contributed by atoms with Crippen LogP contribution in [0.25, 0.3) is 0 Å². The lowest BCUT2D eigenvalue weighted by molar-refractivity contribution is 0.240. The number of carbonyl (C=O) groups excluding carboxylic acids is 1. The Morgan fingerprint density at radius 1 is 1.03 bits per heavy atom.